The number of nitrogens with zero attached hydrogens (tertiary/aromatic N) is 2. The summed E-state index contributed by atoms with van der Waals surface area (Å²) in [7, 11) is 0. The summed E-state index contributed by atoms with van der Waals surface area (Å²) in [5.74, 6) is 0.0747. The van der Waals surface area contributed by atoms with Crippen LogP contribution in [0.4, 0.5) is 0 Å². The average Bonchev–Trinajstić information content (AvgIpc) is 2.94. The molecule has 2 rings (SSSR count). The van der Waals surface area contributed by atoms with Crippen molar-refractivity contribution in [3.8, 4) is 0 Å². The number of hydrogen-bond acceptors (Lipinski definition) is 2. The first-order chi connectivity index (χ1) is 11.2. The van der Waals surface area contributed by atoms with Gasteiger partial charge in [0.05, 0.1) is 5.92 Å². The lowest BCUT2D eigenvalue weighted by atomic mass is 10.1. The maximum absolute atomic E-state index is 12.7. The van der Waals surface area contributed by atoms with Crippen LogP contribution >= 0.6 is 0 Å². The van der Waals surface area contributed by atoms with Crippen LogP contribution in [0.5, 0.6) is 0 Å². The molecule has 23 heavy (non-hydrogen) atoms. The molecule has 1 aromatic rings. The number of amides is 2. The van der Waals surface area contributed by atoms with Crippen molar-refractivity contribution in [2.45, 2.75) is 46.1 Å². The molecule has 1 aromatic carbocycles. The molecule has 4 nitrogen and oxygen atoms in total. The van der Waals surface area contributed by atoms with Crippen LogP contribution in [0, 0.1) is 5.92 Å². The zero-order chi connectivity index (χ0) is 16.7. The maximum atomic E-state index is 12.7. The molecular weight excluding hydrogens is 288 g/mol. The molecule has 1 aliphatic heterocycles. The second-order valence-electron chi connectivity index (χ2n) is 6.29. The third-order valence-electron chi connectivity index (χ3n) is 4.50. The van der Waals surface area contributed by atoms with Gasteiger partial charge >= 0.3 is 0 Å². The van der Waals surface area contributed by atoms with Gasteiger partial charge in [0.1, 0.15) is 0 Å². The standard InChI is InChI=1S/C19H28N2O2/c1-3-5-9-12-21-15-17(13-18(21)22)19(23)20(4-2)14-16-10-7-6-8-11-16/h6-8,10-11,17H,3-5,9,12-15H2,1-2H3. The summed E-state index contributed by atoms with van der Waals surface area (Å²) >= 11 is 0. The molecule has 0 spiro atoms. The van der Waals surface area contributed by atoms with Crippen molar-refractivity contribution < 1.29 is 9.59 Å². The molecule has 0 bridgehead atoms. The van der Waals surface area contributed by atoms with E-state index in [9.17, 15) is 9.59 Å². The van der Waals surface area contributed by atoms with E-state index in [1.807, 2.05) is 47.1 Å². The molecule has 1 unspecified atom stereocenters. The molecule has 1 atom stereocenters. The molecule has 1 aliphatic rings. The largest absolute Gasteiger partial charge is 0.342 e. The van der Waals surface area contributed by atoms with Gasteiger partial charge in [-0.05, 0) is 18.9 Å². The number of carbonyl (C=O) groups excluding carboxylic acids is 2. The Kier molecular flexibility index (Phi) is 6.63. The molecule has 4 heteroatoms. The quantitative estimate of drug-likeness (QED) is 0.692. The molecule has 0 N–H and O–H groups in total. The Morgan fingerprint density at radius 1 is 1.22 bits per heavy atom. The van der Waals surface area contributed by atoms with Crippen LogP contribution in [0.3, 0.4) is 0 Å². The van der Waals surface area contributed by atoms with Gasteiger partial charge in [-0.25, -0.2) is 0 Å². The molecule has 0 saturated carbocycles. The van der Waals surface area contributed by atoms with Crippen LogP contribution < -0.4 is 0 Å². The fourth-order valence-corrected chi connectivity index (χ4v) is 3.11. The van der Waals surface area contributed by atoms with Crippen molar-refractivity contribution >= 4 is 11.8 Å². The molecule has 2 amide bonds. The first-order valence-electron chi connectivity index (χ1n) is 8.76. The zero-order valence-corrected chi connectivity index (χ0v) is 14.3. The normalized spacial score (nSPS) is 17.6. The van der Waals surface area contributed by atoms with E-state index >= 15 is 0 Å². The number of hydrogen-bond donors (Lipinski definition) is 0. The highest BCUT2D eigenvalue weighted by molar-refractivity contribution is 5.89. The van der Waals surface area contributed by atoms with Crippen molar-refractivity contribution in [3.63, 3.8) is 0 Å². The zero-order valence-electron chi connectivity index (χ0n) is 14.3. The Morgan fingerprint density at radius 2 is 1.96 bits per heavy atom. The lowest BCUT2D eigenvalue weighted by Gasteiger charge is -2.24. The Bertz CT molecular complexity index is 515. The van der Waals surface area contributed by atoms with E-state index in [0.717, 1.165) is 31.4 Å². The molecule has 1 saturated heterocycles. The van der Waals surface area contributed by atoms with Gasteiger partial charge < -0.3 is 9.80 Å². The smallest absolute Gasteiger partial charge is 0.228 e. The monoisotopic (exact) mass is 316 g/mol. The summed E-state index contributed by atoms with van der Waals surface area (Å²) in [5.41, 5.74) is 1.13. The van der Waals surface area contributed by atoms with Gasteiger partial charge in [-0.2, -0.15) is 0 Å². The third-order valence-corrected chi connectivity index (χ3v) is 4.50. The molecule has 0 radical (unpaired) electrons. The minimum atomic E-state index is -0.173. The van der Waals surface area contributed by atoms with Crippen LogP contribution in [-0.4, -0.2) is 41.2 Å². The highest BCUT2D eigenvalue weighted by Gasteiger charge is 2.35. The van der Waals surface area contributed by atoms with E-state index in [-0.39, 0.29) is 17.7 Å². The molecule has 0 aliphatic carbocycles. The summed E-state index contributed by atoms with van der Waals surface area (Å²) in [5, 5.41) is 0. The predicted molar refractivity (Wildman–Crippen MR) is 91.7 cm³/mol. The van der Waals surface area contributed by atoms with Gasteiger partial charge in [0, 0.05) is 32.6 Å². The number of carbonyl (C=O) groups is 2. The van der Waals surface area contributed by atoms with Crippen LogP contribution in [0.2, 0.25) is 0 Å². The Balaban J connectivity index is 1.92. The van der Waals surface area contributed by atoms with Crippen molar-refractivity contribution in [2.24, 2.45) is 5.92 Å². The number of unbranched alkanes of at least 4 members (excludes halogenated alkanes) is 2. The fraction of sp³-hybridized carbons (Fsp3) is 0.579. The molecule has 1 fully saturated rings. The van der Waals surface area contributed by atoms with Crippen LogP contribution in [0.25, 0.3) is 0 Å². The molecule has 1 heterocycles. The van der Waals surface area contributed by atoms with Crippen molar-refractivity contribution in [3.05, 3.63) is 35.9 Å². The topological polar surface area (TPSA) is 40.6 Å². The Morgan fingerprint density at radius 3 is 2.61 bits per heavy atom. The van der Waals surface area contributed by atoms with E-state index in [0.29, 0.717) is 26.1 Å². The SMILES string of the molecule is CCCCCN1CC(C(=O)N(CC)Cc2ccccc2)CC1=O. The lowest BCUT2D eigenvalue weighted by Crippen LogP contribution is -2.37. The van der Waals surface area contributed by atoms with Crippen LogP contribution in [-0.2, 0) is 16.1 Å². The Labute approximate surface area is 139 Å². The van der Waals surface area contributed by atoms with Gasteiger partial charge in [-0.3, -0.25) is 9.59 Å². The van der Waals surface area contributed by atoms with E-state index in [4.69, 9.17) is 0 Å². The highest BCUT2D eigenvalue weighted by atomic mass is 16.2. The molecule has 126 valence electrons. The number of likely N-dealkylation sites (tertiary alicyclic amines) is 1. The number of rotatable bonds is 8. The van der Waals surface area contributed by atoms with Crippen LogP contribution in [0.1, 0.15) is 45.1 Å². The molecule has 0 aromatic heterocycles. The summed E-state index contributed by atoms with van der Waals surface area (Å²) < 4.78 is 0. The van der Waals surface area contributed by atoms with Gasteiger partial charge in [0.25, 0.3) is 0 Å². The van der Waals surface area contributed by atoms with Crippen LogP contribution in [0.15, 0.2) is 30.3 Å². The van der Waals surface area contributed by atoms with E-state index < -0.39 is 0 Å². The van der Waals surface area contributed by atoms with Gasteiger partial charge in [-0.1, -0.05) is 50.1 Å². The van der Waals surface area contributed by atoms with E-state index in [2.05, 4.69) is 6.92 Å². The maximum Gasteiger partial charge on any atom is 0.228 e. The first-order valence-corrected chi connectivity index (χ1v) is 8.76. The highest BCUT2D eigenvalue weighted by Crippen LogP contribution is 2.21. The average molecular weight is 316 g/mol. The van der Waals surface area contributed by atoms with Gasteiger partial charge in [0.2, 0.25) is 11.8 Å². The van der Waals surface area contributed by atoms with Crippen molar-refractivity contribution in [1.82, 2.24) is 9.80 Å². The summed E-state index contributed by atoms with van der Waals surface area (Å²) in [6.45, 7) is 6.83. The lowest BCUT2D eigenvalue weighted by molar-refractivity contribution is -0.136. The number of benzene rings is 1. The minimum absolute atomic E-state index is 0.114. The van der Waals surface area contributed by atoms with Gasteiger partial charge in [0.15, 0.2) is 0 Å². The summed E-state index contributed by atoms with van der Waals surface area (Å²) in [4.78, 5) is 28.6. The molecular formula is C19H28N2O2. The van der Waals surface area contributed by atoms with E-state index in [1.54, 1.807) is 0 Å². The second-order valence-corrected chi connectivity index (χ2v) is 6.29. The summed E-state index contributed by atoms with van der Waals surface area (Å²) in [6, 6.07) is 10.0. The predicted octanol–water partition coefficient (Wildman–Crippen LogP) is 3.07. The van der Waals surface area contributed by atoms with E-state index in [1.165, 1.54) is 0 Å². The fourth-order valence-electron chi connectivity index (χ4n) is 3.11. The second kappa shape index (κ2) is 8.70. The third kappa shape index (κ3) is 4.81. The minimum Gasteiger partial charge on any atom is -0.342 e. The van der Waals surface area contributed by atoms with Crippen molar-refractivity contribution in [1.29, 1.82) is 0 Å². The van der Waals surface area contributed by atoms with Gasteiger partial charge in [-0.15, -0.1) is 0 Å². The van der Waals surface area contributed by atoms with Crippen molar-refractivity contribution in [2.75, 3.05) is 19.6 Å². The Hall–Kier alpha value is -1.84. The first kappa shape index (κ1) is 17.5. The summed E-state index contributed by atoms with van der Waals surface area (Å²) in [6.07, 6.45) is 3.68.